The van der Waals surface area contributed by atoms with E-state index >= 15 is 0 Å². The fraction of sp³-hybridized carbons (Fsp3) is 0.0417. The van der Waals surface area contributed by atoms with Gasteiger partial charge in [0, 0.05) is 17.8 Å². The van der Waals surface area contributed by atoms with Crippen LogP contribution in [0.25, 0.3) is 0 Å². The van der Waals surface area contributed by atoms with Crippen molar-refractivity contribution in [3.05, 3.63) is 100 Å². The van der Waals surface area contributed by atoms with Crippen LogP contribution in [0.5, 0.6) is 11.5 Å². The molecule has 0 aliphatic carbocycles. The molecule has 0 bridgehead atoms. The third-order valence-electron chi connectivity index (χ3n) is 4.76. The first kappa shape index (κ1) is 22.8. The van der Waals surface area contributed by atoms with Gasteiger partial charge in [0.15, 0.2) is 0 Å². The third kappa shape index (κ3) is 5.19. The quantitative estimate of drug-likeness (QED) is 0.326. The fourth-order valence-electron chi connectivity index (χ4n) is 3.02. The number of halogens is 1. The number of rotatable bonds is 7. The second-order valence-electron chi connectivity index (χ2n) is 6.96. The second-order valence-corrected chi connectivity index (χ2v) is 10.2. The summed E-state index contributed by atoms with van der Waals surface area (Å²) in [6, 6.07) is 24.0. The molecule has 4 rings (SSSR count). The van der Waals surface area contributed by atoms with Crippen LogP contribution in [0.3, 0.4) is 0 Å². The minimum atomic E-state index is -3.95. The lowest BCUT2D eigenvalue weighted by Crippen LogP contribution is -2.28. The lowest BCUT2D eigenvalue weighted by molar-refractivity contribution is 0.102. The van der Waals surface area contributed by atoms with E-state index in [4.69, 9.17) is 16.3 Å². The zero-order valence-electron chi connectivity index (χ0n) is 17.4. The molecular formula is C24H19ClN2O4S2. The number of hydrogen-bond acceptors (Lipinski definition) is 5. The van der Waals surface area contributed by atoms with Crippen LogP contribution in [0.4, 0.5) is 11.4 Å². The van der Waals surface area contributed by atoms with E-state index in [0.717, 1.165) is 15.6 Å². The van der Waals surface area contributed by atoms with Crippen LogP contribution >= 0.6 is 22.9 Å². The van der Waals surface area contributed by atoms with Gasteiger partial charge in [-0.2, -0.15) is 0 Å². The highest BCUT2D eigenvalue weighted by atomic mass is 35.5. The van der Waals surface area contributed by atoms with E-state index in [0.29, 0.717) is 27.9 Å². The van der Waals surface area contributed by atoms with Crippen LogP contribution in [-0.2, 0) is 10.0 Å². The summed E-state index contributed by atoms with van der Waals surface area (Å²) in [6.45, 7) is 0. The third-order valence-corrected chi connectivity index (χ3v) is 7.88. The van der Waals surface area contributed by atoms with Gasteiger partial charge >= 0.3 is 0 Å². The maximum atomic E-state index is 13.2. The standard InChI is InChI=1S/C24H19ClN2O4S2/c1-27(19-11-7-17(25)8-12-19)33(29,30)22-15-16-32-23(22)24(28)26-18-9-13-21(14-10-18)31-20-5-3-2-4-6-20/h2-16H,1H3,(H,26,28). The highest BCUT2D eigenvalue weighted by molar-refractivity contribution is 7.93. The number of nitrogens with one attached hydrogen (secondary N) is 1. The number of para-hydroxylation sites is 1. The van der Waals surface area contributed by atoms with Crippen molar-refractivity contribution in [1.82, 2.24) is 0 Å². The Morgan fingerprint density at radius 1 is 0.909 bits per heavy atom. The summed E-state index contributed by atoms with van der Waals surface area (Å²) in [4.78, 5) is 12.9. The van der Waals surface area contributed by atoms with Crippen LogP contribution in [0, 0.1) is 0 Å². The minimum Gasteiger partial charge on any atom is -0.457 e. The van der Waals surface area contributed by atoms with Crippen LogP contribution in [0.1, 0.15) is 9.67 Å². The summed E-state index contributed by atoms with van der Waals surface area (Å²) in [6.07, 6.45) is 0. The maximum Gasteiger partial charge on any atom is 0.267 e. The van der Waals surface area contributed by atoms with Gasteiger partial charge in [-0.3, -0.25) is 9.10 Å². The molecule has 1 heterocycles. The molecule has 6 nitrogen and oxygen atoms in total. The first-order chi connectivity index (χ1) is 15.8. The lowest BCUT2D eigenvalue weighted by Gasteiger charge is -2.19. The highest BCUT2D eigenvalue weighted by Crippen LogP contribution is 2.30. The Labute approximate surface area is 201 Å². The van der Waals surface area contributed by atoms with Crippen LogP contribution in [-0.4, -0.2) is 21.4 Å². The number of nitrogens with zero attached hydrogens (tertiary/aromatic N) is 1. The molecule has 1 N–H and O–H groups in total. The average Bonchev–Trinajstić information content (AvgIpc) is 3.32. The second kappa shape index (κ2) is 9.66. The Morgan fingerprint density at radius 2 is 1.55 bits per heavy atom. The van der Waals surface area contributed by atoms with E-state index in [1.807, 2.05) is 30.3 Å². The van der Waals surface area contributed by atoms with Gasteiger partial charge in [0.2, 0.25) is 0 Å². The van der Waals surface area contributed by atoms with E-state index in [-0.39, 0.29) is 9.77 Å². The number of sulfonamides is 1. The van der Waals surface area contributed by atoms with E-state index in [1.165, 1.54) is 13.1 Å². The molecule has 0 aliphatic heterocycles. The molecule has 168 valence electrons. The Bertz CT molecular complexity index is 1350. The predicted octanol–water partition coefficient (Wildman–Crippen LogP) is 6.27. The first-order valence-corrected chi connectivity index (χ1v) is 12.5. The van der Waals surface area contributed by atoms with Crippen LogP contribution < -0.4 is 14.4 Å². The minimum absolute atomic E-state index is 0.0634. The molecule has 0 atom stereocenters. The predicted molar refractivity (Wildman–Crippen MR) is 132 cm³/mol. The number of carbonyl (C=O) groups excluding carboxylic acids is 1. The van der Waals surface area contributed by atoms with Crippen LogP contribution in [0.15, 0.2) is 95.2 Å². The summed E-state index contributed by atoms with van der Waals surface area (Å²) in [7, 11) is -2.52. The molecule has 0 aliphatic rings. The summed E-state index contributed by atoms with van der Waals surface area (Å²) in [5.74, 6) is 0.806. The van der Waals surface area contributed by atoms with E-state index in [1.54, 1.807) is 53.9 Å². The van der Waals surface area contributed by atoms with Gasteiger partial charge in [-0.05, 0) is 72.1 Å². The van der Waals surface area contributed by atoms with Gasteiger partial charge in [-0.1, -0.05) is 29.8 Å². The van der Waals surface area contributed by atoms with Crippen molar-refractivity contribution >= 4 is 50.2 Å². The van der Waals surface area contributed by atoms with Crippen LogP contribution in [0.2, 0.25) is 5.02 Å². The Kier molecular flexibility index (Phi) is 6.69. The van der Waals surface area contributed by atoms with Gasteiger partial charge in [-0.15, -0.1) is 11.3 Å². The molecule has 0 fully saturated rings. The first-order valence-electron chi connectivity index (χ1n) is 9.81. The van der Waals surface area contributed by atoms with Crippen molar-refractivity contribution in [2.45, 2.75) is 4.90 Å². The smallest absolute Gasteiger partial charge is 0.267 e. The van der Waals surface area contributed by atoms with Gasteiger partial charge in [0.05, 0.1) is 5.69 Å². The molecular weight excluding hydrogens is 480 g/mol. The molecule has 0 saturated heterocycles. The Balaban J connectivity index is 1.50. The SMILES string of the molecule is CN(c1ccc(Cl)cc1)S(=O)(=O)c1ccsc1C(=O)Nc1ccc(Oc2ccccc2)cc1. The molecule has 0 saturated carbocycles. The Hall–Kier alpha value is -3.33. The molecule has 0 spiro atoms. The topological polar surface area (TPSA) is 75.7 Å². The van der Waals surface area contributed by atoms with Crippen molar-refractivity contribution in [3.8, 4) is 11.5 Å². The molecule has 1 aromatic heterocycles. The van der Waals surface area contributed by atoms with Crippen molar-refractivity contribution in [3.63, 3.8) is 0 Å². The van der Waals surface area contributed by atoms with Crippen molar-refractivity contribution in [1.29, 1.82) is 0 Å². The van der Waals surface area contributed by atoms with Crippen molar-refractivity contribution < 1.29 is 17.9 Å². The number of anilines is 2. The van der Waals surface area contributed by atoms with Gasteiger partial charge in [-0.25, -0.2) is 8.42 Å². The van der Waals surface area contributed by atoms with Crippen molar-refractivity contribution in [2.24, 2.45) is 0 Å². The summed E-state index contributed by atoms with van der Waals surface area (Å²) >= 11 is 6.96. The lowest BCUT2D eigenvalue weighted by atomic mass is 10.3. The number of hydrogen-bond donors (Lipinski definition) is 1. The van der Waals surface area contributed by atoms with E-state index in [2.05, 4.69) is 5.32 Å². The van der Waals surface area contributed by atoms with Gasteiger partial charge in [0.1, 0.15) is 21.3 Å². The molecule has 33 heavy (non-hydrogen) atoms. The average molecular weight is 499 g/mol. The summed E-state index contributed by atoms with van der Waals surface area (Å²) in [5.41, 5.74) is 0.953. The largest absolute Gasteiger partial charge is 0.457 e. The number of amides is 1. The monoisotopic (exact) mass is 498 g/mol. The normalized spacial score (nSPS) is 11.1. The Morgan fingerprint density at radius 3 is 2.21 bits per heavy atom. The molecule has 9 heteroatoms. The summed E-state index contributed by atoms with van der Waals surface area (Å²) in [5, 5.41) is 4.83. The van der Waals surface area contributed by atoms with E-state index < -0.39 is 15.9 Å². The van der Waals surface area contributed by atoms with E-state index in [9.17, 15) is 13.2 Å². The zero-order chi connectivity index (χ0) is 23.4. The maximum absolute atomic E-state index is 13.2. The van der Waals surface area contributed by atoms with Gasteiger partial charge < -0.3 is 10.1 Å². The molecule has 0 unspecified atom stereocenters. The molecule has 0 radical (unpaired) electrons. The zero-order valence-corrected chi connectivity index (χ0v) is 19.8. The number of carbonyl (C=O) groups is 1. The fourth-order valence-corrected chi connectivity index (χ4v) is 5.64. The number of benzene rings is 3. The molecule has 3 aromatic carbocycles. The highest BCUT2D eigenvalue weighted by Gasteiger charge is 2.28. The number of thiophene rings is 1. The molecule has 4 aromatic rings. The number of ether oxygens (including phenoxy) is 1. The summed E-state index contributed by atoms with van der Waals surface area (Å²) < 4.78 is 33.2. The van der Waals surface area contributed by atoms with Crippen molar-refractivity contribution in [2.75, 3.05) is 16.7 Å². The molecule has 1 amide bonds. The van der Waals surface area contributed by atoms with Gasteiger partial charge in [0.25, 0.3) is 15.9 Å².